The molecule has 0 radical (unpaired) electrons. The van der Waals surface area contributed by atoms with Crippen molar-refractivity contribution in [2.75, 3.05) is 6.54 Å². The molecular formula is C16H22FN3. The van der Waals surface area contributed by atoms with E-state index in [1.54, 1.807) is 10.7 Å². The maximum Gasteiger partial charge on any atom is 0.125 e. The van der Waals surface area contributed by atoms with Crippen molar-refractivity contribution in [3.63, 3.8) is 0 Å². The van der Waals surface area contributed by atoms with Crippen LogP contribution in [-0.2, 0) is 6.42 Å². The van der Waals surface area contributed by atoms with Crippen molar-refractivity contribution in [2.24, 2.45) is 0 Å². The lowest BCUT2D eigenvalue weighted by molar-refractivity contribution is 0.422. The number of rotatable bonds is 5. The van der Waals surface area contributed by atoms with E-state index in [-0.39, 0.29) is 11.4 Å². The highest BCUT2D eigenvalue weighted by Gasteiger charge is 2.08. The second-order valence-corrected chi connectivity index (χ2v) is 6.05. The van der Waals surface area contributed by atoms with E-state index in [9.17, 15) is 4.39 Å². The highest BCUT2D eigenvalue weighted by Crippen LogP contribution is 2.11. The average Bonchev–Trinajstić information content (AvgIpc) is 2.82. The molecule has 1 aromatic heterocycles. The molecule has 0 aliphatic rings. The summed E-state index contributed by atoms with van der Waals surface area (Å²) in [6.45, 7) is 7.47. The van der Waals surface area contributed by atoms with Crippen molar-refractivity contribution in [2.45, 2.75) is 39.2 Å². The van der Waals surface area contributed by atoms with E-state index in [4.69, 9.17) is 0 Å². The number of nitrogens with zero attached hydrogens (tertiary/aromatic N) is 2. The van der Waals surface area contributed by atoms with Gasteiger partial charge in [0.25, 0.3) is 0 Å². The lowest BCUT2D eigenvalue weighted by Crippen LogP contribution is -2.36. The van der Waals surface area contributed by atoms with Gasteiger partial charge in [0.05, 0.1) is 11.9 Å². The van der Waals surface area contributed by atoms with Crippen molar-refractivity contribution >= 4 is 0 Å². The summed E-state index contributed by atoms with van der Waals surface area (Å²) >= 11 is 0. The van der Waals surface area contributed by atoms with E-state index in [2.05, 4.69) is 31.2 Å². The molecule has 0 aliphatic heterocycles. The minimum absolute atomic E-state index is 0.158. The molecule has 0 fully saturated rings. The molecule has 2 rings (SSSR count). The van der Waals surface area contributed by atoms with Crippen LogP contribution in [0, 0.1) is 5.82 Å². The third kappa shape index (κ3) is 4.46. The molecule has 0 aliphatic carbocycles. The Hall–Kier alpha value is -1.68. The third-order valence-corrected chi connectivity index (χ3v) is 3.01. The summed E-state index contributed by atoms with van der Waals surface area (Å²) in [5, 5.41) is 7.75. The molecule has 108 valence electrons. The monoisotopic (exact) mass is 275 g/mol. The molecular weight excluding hydrogens is 253 g/mol. The molecule has 0 amide bonds. The number of aryl methyl sites for hydroxylation is 1. The number of benzene rings is 1. The molecule has 4 heteroatoms. The average molecular weight is 275 g/mol. The largest absolute Gasteiger partial charge is 0.312 e. The fraction of sp³-hybridized carbons (Fsp3) is 0.438. The van der Waals surface area contributed by atoms with Crippen LogP contribution in [0.4, 0.5) is 4.39 Å². The van der Waals surface area contributed by atoms with Crippen LogP contribution in [0.3, 0.4) is 0 Å². The molecule has 1 heterocycles. The smallest absolute Gasteiger partial charge is 0.125 e. The molecule has 20 heavy (non-hydrogen) atoms. The van der Waals surface area contributed by atoms with E-state index in [1.807, 2.05) is 18.5 Å². The SMILES string of the molecule is CC(C)(C)NCCCc1cnn(-c2cccc(F)c2)c1. The van der Waals surface area contributed by atoms with Crippen molar-refractivity contribution in [1.82, 2.24) is 15.1 Å². The molecule has 1 N–H and O–H groups in total. The first-order chi connectivity index (χ1) is 9.44. The van der Waals surface area contributed by atoms with Crippen LogP contribution in [0.15, 0.2) is 36.7 Å². The summed E-state index contributed by atoms with van der Waals surface area (Å²) in [6, 6.07) is 6.46. The molecule has 0 saturated heterocycles. The predicted molar refractivity (Wildman–Crippen MR) is 79.6 cm³/mol. The minimum atomic E-state index is -0.242. The van der Waals surface area contributed by atoms with Gasteiger partial charge >= 0.3 is 0 Å². The van der Waals surface area contributed by atoms with Gasteiger partial charge in [0, 0.05) is 11.7 Å². The molecule has 0 saturated carbocycles. The first-order valence-electron chi connectivity index (χ1n) is 6.98. The fourth-order valence-corrected chi connectivity index (χ4v) is 2.00. The highest BCUT2D eigenvalue weighted by atomic mass is 19.1. The Morgan fingerprint density at radius 2 is 2.10 bits per heavy atom. The summed E-state index contributed by atoms with van der Waals surface area (Å²) < 4.78 is 14.9. The second-order valence-electron chi connectivity index (χ2n) is 6.05. The van der Waals surface area contributed by atoms with E-state index in [1.165, 1.54) is 17.7 Å². The zero-order valence-corrected chi connectivity index (χ0v) is 12.4. The van der Waals surface area contributed by atoms with Crippen LogP contribution >= 0.6 is 0 Å². The molecule has 1 aromatic carbocycles. The maximum atomic E-state index is 13.2. The highest BCUT2D eigenvalue weighted by molar-refractivity contribution is 5.31. The molecule has 3 nitrogen and oxygen atoms in total. The van der Waals surface area contributed by atoms with E-state index >= 15 is 0 Å². The Morgan fingerprint density at radius 3 is 2.80 bits per heavy atom. The Balaban J connectivity index is 1.90. The molecule has 0 unspecified atom stereocenters. The second kappa shape index (κ2) is 6.18. The Labute approximate surface area is 119 Å². The van der Waals surface area contributed by atoms with Crippen molar-refractivity contribution in [3.8, 4) is 5.69 Å². The van der Waals surface area contributed by atoms with E-state index in [0.717, 1.165) is 25.1 Å². The van der Waals surface area contributed by atoms with Gasteiger partial charge in [-0.3, -0.25) is 0 Å². The minimum Gasteiger partial charge on any atom is -0.312 e. The first-order valence-corrected chi connectivity index (χ1v) is 6.98. The quantitative estimate of drug-likeness (QED) is 0.848. The Morgan fingerprint density at radius 1 is 1.30 bits per heavy atom. The number of hydrogen-bond acceptors (Lipinski definition) is 2. The van der Waals surface area contributed by atoms with Crippen molar-refractivity contribution in [3.05, 3.63) is 48.0 Å². The predicted octanol–water partition coefficient (Wildman–Crippen LogP) is 3.33. The summed E-state index contributed by atoms with van der Waals surface area (Å²) in [6.07, 6.45) is 5.85. The number of aromatic nitrogens is 2. The summed E-state index contributed by atoms with van der Waals surface area (Å²) in [7, 11) is 0. The van der Waals surface area contributed by atoms with Crippen LogP contribution in [0.5, 0.6) is 0 Å². The molecule has 0 spiro atoms. The zero-order valence-electron chi connectivity index (χ0n) is 12.4. The topological polar surface area (TPSA) is 29.9 Å². The van der Waals surface area contributed by atoms with Crippen LogP contribution in [0.1, 0.15) is 32.8 Å². The summed E-state index contributed by atoms with van der Waals surface area (Å²) in [4.78, 5) is 0. The Bertz CT molecular complexity index is 555. The third-order valence-electron chi connectivity index (χ3n) is 3.01. The van der Waals surface area contributed by atoms with Crippen molar-refractivity contribution < 1.29 is 4.39 Å². The van der Waals surface area contributed by atoms with Crippen molar-refractivity contribution in [1.29, 1.82) is 0 Å². The molecule has 0 atom stereocenters. The van der Waals surface area contributed by atoms with Gasteiger partial charge in [0.1, 0.15) is 5.82 Å². The lowest BCUT2D eigenvalue weighted by atomic mass is 10.1. The van der Waals surface area contributed by atoms with Gasteiger partial charge in [0.15, 0.2) is 0 Å². The first kappa shape index (κ1) is 14.7. The number of hydrogen-bond donors (Lipinski definition) is 1. The lowest BCUT2D eigenvalue weighted by Gasteiger charge is -2.20. The van der Waals surface area contributed by atoms with Gasteiger partial charge in [-0.1, -0.05) is 6.07 Å². The number of nitrogens with one attached hydrogen (secondary N) is 1. The summed E-state index contributed by atoms with van der Waals surface area (Å²) in [5.74, 6) is -0.242. The van der Waals surface area contributed by atoms with Gasteiger partial charge in [-0.2, -0.15) is 5.10 Å². The van der Waals surface area contributed by atoms with Gasteiger partial charge < -0.3 is 5.32 Å². The zero-order chi connectivity index (χ0) is 14.6. The van der Waals surface area contributed by atoms with Gasteiger partial charge in [-0.15, -0.1) is 0 Å². The molecule has 2 aromatic rings. The van der Waals surface area contributed by atoms with Crippen LogP contribution in [0.25, 0.3) is 5.69 Å². The van der Waals surface area contributed by atoms with Crippen LogP contribution < -0.4 is 5.32 Å². The van der Waals surface area contributed by atoms with Gasteiger partial charge in [-0.05, 0) is 63.9 Å². The van der Waals surface area contributed by atoms with Crippen LogP contribution in [-0.4, -0.2) is 21.9 Å². The maximum absolute atomic E-state index is 13.2. The normalized spacial score (nSPS) is 11.8. The van der Waals surface area contributed by atoms with Gasteiger partial charge in [-0.25, -0.2) is 9.07 Å². The summed E-state index contributed by atoms with van der Waals surface area (Å²) in [5.41, 5.74) is 2.08. The molecule has 0 bridgehead atoms. The Kier molecular flexibility index (Phi) is 4.55. The van der Waals surface area contributed by atoms with E-state index < -0.39 is 0 Å². The van der Waals surface area contributed by atoms with E-state index in [0.29, 0.717) is 0 Å². The van der Waals surface area contributed by atoms with Gasteiger partial charge in [0.2, 0.25) is 0 Å². The number of halogens is 1. The standard InChI is InChI=1S/C16H22FN3/c1-16(2,3)18-9-5-6-13-11-19-20(12-13)15-8-4-7-14(17)10-15/h4,7-8,10-12,18H,5-6,9H2,1-3H3. The fourth-order valence-electron chi connectivity index (χ4n) is 2.00. The van der Waals surface area contributed by atoms with Crippen LogP contribution in [0.2, 0.25) is 0 Å².